The number of nitrogens with zero attached hydrogens (tertiary/aromatic N) is 1. The van der Waals surface area contributed by atoms with E-state index < -0.39 is 0 Å². The molecule has 0 spiro atoms. The number of hydrogen-bond acceptors (Lipinski definition) is 1. The van der Waals surface area contributed by atoms with E-state index in [0.717, 1.165) is 0 Å². The Morgan fingerprint density at radius 3 is 1.13 bits per heavy atom. The van der Waals surface area contributed by atoms with Crippen molar-refractivity contribution in [1.29, 1.82) is 0 Å². The molecule has 0 bridgehead atoms. The van der Waals surface area contributed by atoms with Gasteiger partial charge in [0.1, 0.15) is 0 Å². The molecular weight excluding hydrogens is 278 g/mol. The smallest absolute Gasteiger partial charge is 0.00355 e. The first-order valence-electron chi connectivity index (χ1n) is 10.9. The Labute approximate surface area is 148 Å². The van der Waals surface area contributed by atoms with Crippen LogP contribution < -0.4 is 0 Å². The summed E-state index contributed by atoms with van der Waals surface area (Å²) < 4.78 is 0. The van der Waals surface area contributed by atoms with Crippen LogP contribution in [0.3, 0.4) is 0 Å². The van der Waals surface area contributed by atoms with Gasteiger partial charge < -0.3 is 4.90 Å². The molecule has 0 atom stereocenters. The van der Waals surface area contributed by atoms with Crippen LogP contribution in [0.25, 0.3) is 0 Å². The molecule has 0 aromatic carbocycles. The Morgan fingerprint density at radius 1 is 0.522 bits per heavy atom. The van der Waals surface area contributed by atoms with Crippen molar-refractivity contribution in [2.45, 2.75) is 130 Å². The first-order chi connectivity index (χ1) is 11.2. The lowest BCUT2D eigenvalue weighted by atomic mass is 10.0. The van der Waals surface area contributed by atoms with E-state index in [9.17, 15) is 0 Å². The predicted molar refractivity (Wildman–Crippen MR) is 107 cm³/mol. The largest absolute Gasteiger partial charge is 0.304 e. The summed E-state index contributed by atoms with van der Waals surface area (Å²) in [4.78, 5) is 2.46. The molecule has 140 valence electrons. The molecule has 0 rings (SSSR count). The van der Waals surface area contributed by atoms with Crippen molar-refractivity contribution < 1.29 is 0 Å². The van der Waals surface area contributed by atoms with Crippen LogP contribution in [0.2, 0.25) is 0 Å². The topological polar surface area (TPSA) is 3.24 Å². The van der Waals surface area contributed by atoms with Crippen molar-refractivity contribution in [1.82, 2.24) is 4.90 Å². The average Bonchev–Trinajstić information content (AvgIpc) is 2.54. The van der Waals surface area contributed by atoms with Gasteiger partial charge in [-0.3, -0.25) is 0 Å². The SMILES string of the molecule is CCCCCCCCCCCCCCCCCCN(C)C(C)C. The summed E-state index contributed by atoms with van der Waals surface area (Å²) in [6.45, 7) is 8.14. The molecule has 0 aliphatic carbocycles. The highest BCUT2D eigenvalue weighted by atomic mass is 15.1. The molecule has 0 saturated heterocycles. The predicted octanol–water partition coefficient (Wildman–Crippen LogP) is 7.59. The summed E-state index contributed by atoms with van der Waals surface area (Å²) in [7, 11) is 2.25. The zero-order valence-corrected chi connectivity index (χ0v) is 17.0. The molecule has 23 heavy (non-hydrogen) atoms. The van der Waals surface area contributed by atoms with Crippen LogP contribution in [0.15, 0.2) is 0 Å². The van der Waals surface area contributed by atoms with Gasteiger partial charge in [0.25, 0.3) is 0 Å². The Hall–Kier alpha value is -0.0400. The van der Waals surface area contributed by atoms with E-state index in [0.29, 0.717) is 6.04 Å². The Bertz CT molecular complexity index is 212. The van der Waals surface area contributed by atoms with E-state index >= 15 is 0 Å². The zero-order valence-electron chi connectivity index (χ0n) is 17.0. The third-order valence-corrected chi connectivity index (χ3v) is 5.25. The summed E-state index contributed by atoms with van der Waals surface area (Å²) in [6.07, 6.45) is 23.3. The summed E-state index contributed by atoms with van der Waals surface area (Å²) in [6, 6.07) is 0.700. The van der Waals surface area contributed by atoms with E-state index in [-0.39, 0.29) is 0 Å². The van der Waals surface area contributed by atoms with Crippen LogP contribution in [0.5, 0.6) is 0 Å². The number of rotatable bonds is 18. The second-order valence-corrected chi connectivity index (χ2v) is 7.88. The molecule has 1 nitrogen and oxygen atoms in total. The maximum absolute atomic E-state index is 2.46. The molecule has 0 N–H and O–H groups in total. The first kappa shape index (κ1) is 23.0. The monoisotopic (exact) mass is 325 g/mol. The Balaban J connectivity index is 3.03. The summed E-state index contributed by atoms with van der Waals surface area (Å²) in [5.41, 5.74) is 0. The highest BCUT2D eigenvalue weighted by molar-refractivity contribution is 4.57. The highest BCUT2D eigenvalue weighted by Gasteiger charge is 2.01. The fraction of sp³-hybridized carbons (Fsp3) is 1.00. The van der Waals surface area contributed by atoms with Crippen LogP contribution in [0.4, 0.5) is 0 Å². The summed E-state index contributed by atoms with van der Waals surface area (Å²) in [5, 5.41) is 0. The van der Waals surface area contributed by atoms with Gasteiger partial charge in [0.15, 0.2) is 0 Å². The standard InChI is InChI=1S/C22H47N/c1-5-6-7-8-9-10-11-12-13-14-15-16-17-18-19-20-21-23(4)22(2)3/h22H,5-21H2,1-4H3. The molecule has 0 aliphatic rings. The van der Waals surface area contributed by atoms with E-state index in [1.807, 2.05) is 0 Å². The van der Waals surface area contributed by atoms with Crippen LogP contribution >= 0.6 is 0 Å². The molecule has 0 aliphatic heterocycles. The van der Waals surface area contributed by atoms with Gasteiger partial charge in [0, 0.05) is 6.04 Å². The van der Waals surface area contributed by atoms with Gasteiger partial charge in [-0.1, -0.05) is 103 Å². The van der Waals surface area contributed by atoms with Crippen molar-refractivity contribution in [3.05, 3.63) is 0 Å². The minimum absolute atomic E-state index is 0.700. The molecule has 0 saturated carbocycles. The third-order valence-electron chi connectivity index (χ3n) is 5.25. The van der Waals surface area contributed by atoms with Crippen molar-refractivity contribution in [3.8, 4) is 0 Å². The van der Waals surface area contributed by atoms with Crippen molar-refractivity contribution in [3.63, 3.8) is 0 Å². The molecule has 0 fully saturated rings. The average molecular weight is 326 g/mol. The van der Waals surface area contributed by atoms with Crippen LogP contribution in [-0.4, -0.2) is 24.5 Å². The van der Waals surface area contributed by atoms with E-state index in [1.54, 1.807) is 0 Å². The molecule has 0 heterocycles. The van der Waals surface area contributed by atoms with Crippen molar-refractivity contribution in [2.24, 2.45) is 0 Å². The normalized spacial score (nSPS) is 11.7. The fourth-order valence-electron chi connectivity index (χ4n) is 3.17. The molecule has 0 aromatic heterocycles. The first-order valence-corrected chi connectivity index (χ1v) is 10.9. The van der Waals surface area contributed by atoms with Crippen molar-refractivity contribution in [2.75, 3.05) is 13.6 Å². The summed E-state index contributed by atoms with van der Waals surface area (Å²) in [5.74, 6) is 0. The van der Waals surface area contributed by atoms with Gasteiger partial charge in [-0.25, -0.2) is 0 Å². The van der Waals surface area contributed by atoms with Gasteiger partial charge in [0.2, 0.25) is 0 Å². The molecule has 0 unspecified atom stereocenters. The minimum atomic E-state index is 0.700. The van der Waals surface area contributed by atoms with Gasteiger partial charge in [-0.05, 0) is 33.9 Å². The fourth-order valence-corrected chi connectivity index (χ4v) is 3.17. The Kier molecular flexibility index (Phi) is 18.3. The van der Waals surface area contributed by atoms with Crippen LogP contribution in [0, 0.1) is 0 Å². The van der Waals surface area contributed by atoms with Crippen LogP contribution in [-0.2, 0) is 0 Å². The minimum Gasteiger partial charge on any atom is -0.304 e. The summed E-state index contributed by atoms with van der Waals surface area (Å²) >= 11 is 0. The van der Waals surface area contributed by atoms with E-state index in [4.69, 9.17) is 0 Å². The second kappa shape index (κ2) is 18.3. The maximum atomic E-state index is 2.46. The van der Waals surface area contributed by atoms with E-state index in [2.05, 4.69) is 32.7 Å². The lowest BCUT2D eigenvalue weighted by Gasteiger charge is -2.20. The highest BCUT2D eigenvalue weighted by Crippen LogP contribution is 2.13. The van der Waals surface area contributed by atoms with Gasteiger partial charge in [-0.15, -0.1) is 0 Å². The second-order valence-electron chi connectivity index (χ2n) is 7.88. The lowest BCUT2D eigenvalue weighted by Crippen LogP contribution is -2.27. The maximum Gasteiger partial charge on any atom is 0.00355 e. The molecule has 0 radical (unpaired) electrons. The molecule has 1 heteroatoms. The zero-order chi connectivity index (χ0) is 17.2. The van der Waals surface area contributed by atoms with E-state index in [1.165, 1.54) is 109 Å². The Morgan fingerprint density at radius 2 is 0.826 bits per heavy atom. The third kappa shape index (κ3) is 18.1. The lowest BCUT2D eigenvalue weighted by molar-refractivity contribution is 0.267. The molecular formula is C22H47N. The quantitative estimate of drug-likeness (QED) is 0.235. The number of hydrogen-bond donors (Lipinski definition) is 0. The van der Waals surface area contributed by atoms with Gasteiger partial charge in [0.05, 0.1) is 0 Å². The van der Waals surface area contributed by atoms with Crippen molar-refractivity contribution >= 4 is 0 Å². The number of unbranched alkanes of at least 4 members (excludes halogenated alkanes) is 15. The van der Waals surface area contributed by atoms with Gasteiger partial charge >= 0.3 is 0 Å². The molecule has 0 aromatic rings. The van der Waals surface area contributed by atoms with Crippen LogP contribution in [0.1, 0.15) is 124 Å². The molecule has 0 amide bonds. The van der Waals surface area contributed by atoms with Gasteiger partial charge in [-0.2, -0.15) is 0 Å².